The number of thiazole rings is 1. The fourth-order valence-electron chi connectivity index (χ4n) is 2.74. The zero-order valence-electron chi connectivity index (χ0n) is 13.5. The third-order valence-corrected chi connectivity index (χ3v) is 6.33. The molecule has 26 heavy (non-hydrogen) atoms. The van der Waals surface area contributed by atoms with Crippen LogP contribution < -0.4 is 14.8 Å². The first kappa shape index (κ1) is 17.3. The molecule has 1 N–H and O–H groups in total. The van der Waals surface area contributed by atoms with Gasteiger partial charge in [0.1, 0.15) is 5.02 Å². The van der Waals surface area contributed by atoms with E-state index >= 15 is 0 Å². The molecule has 0 radical (unpaired) electrons. The van der Waals surface area contributed by atoms with Gasteiger partial charge in [0, 0.05) is 4.47 Å². The molecule has 2 aromatic heterocycles. The standard InChI is InChI=1S/C18H12BrClN2O3S/c1-2-25-12-7-9(14(19)15(20)16(12)23)8-13-17(24)22-11-6-4-3-5-10(11)21-18(22)26-13/h3-8,23H,2H2,1H3/b13-8-. The van der Waals surface area contributed by atoms with E-state index in [4.69, 9.17) is 16.3 Å². The fourth-order valence-corrected chi connectivity index (χ4v) is 4.33. The summed E-state index contributed by atoms with van der Waals surface area (Å²) in [4.78, 5) is 18.0. The average Bonchev–Trinajstić information content (AvgIpc) is 3.14. The predicted molar refractivity (Wildman–Crippen MR) is 108 cm³/mol. The molecule has 0 fully saturated rings. The maximum absolute atomic E-state index is 12.9. The van der Waals surface area contributed by atoms with Crippen molar-refractivity contribution >= 4 is 60.9 Å². The van der Waals surface area contributed by atoms with Crippen molar-refractivity contribution in [2.45, 2.75) is 6.92 Å². The molecule has 0 atom stereocenters. The Bertz CT molecular complexity index is 1270. The molecule has 0 bridgehead atoms. The first-order chi connectivity index (χ1) is 12.5. The topological polar surface area (TPSA) is 63.8 Å². The molecule has 2 aromatic carbocycles. The van der Waals surface area contributed by atoms with Crippen molar-refractivity contribution in [2.24, 2.45) is 0 Å². The third-order valence-electron chi connectivity index (χ3n) is 3.91. The Balaban J connectivity index is 1.97. The number of imidazole rings is 1. The van der Waals surface area contributed by atoms with E-state index in [1.165, 1.54) is 11.3 Å². The molecule has 0 saturated heterocycles. The number of para-hydroxylation sites is 2. The number of nitrogens with zero attached hydrogens (tertiary/aromatic N) is 2. The molecule has 4 aromatic rings. The summed E-state index contributed by atoms with van der Waals surface area (Å²) in [6.45, 7) is 2.20. The van der Waals surface area contributed by atoms with Crippen molar-refractivity contribution in [2.75, 3.05) is 6.61 Å². The van der Waals surface area contributed by atoms with Gasteiger partial charge in [0.05, 0.1) is 22.2 Å². The lowest BCUT2D eigenvalue weighted by atomic mass is 10.2. The van der Waals surface area contributed by atoms with Crippen LogP contribution >= 0.6 is 38.9 Å². The van der Waals surface area contributed by atoms with Crippen molar-refractivity contribution < 1.29 is 9.84 Å². The normalized spacial score (nSPS) is 12.3. The molecule has 5 nitrogen and oxygen atoms in total. The van der Waals surface area contributed by atoms with Crippen LogP contribution in [0.25, 0.3) is 22.1 Å². The highest BCUT2D eigenvalue weighted by Gasteiger charge is 2.16. The Morgan fingerprint density at radius 2 is 2.19 bits per heavy atom. The molecule has 0 aliphatic heterocycles. The molecular formula is C18H12BrClN2O3S. The number of benzene rings is 2. The van der Waals surface area contributed by atoms with E-state index in [2.05, 4.69) is 20.9 Å². The van der Waals surface area contributed by atoms with Gasteiger partial charge in [0.15, 0.2) is 16.5 Å². The Morgan fingerprint density at radius 1 is 1.42 bits per heavy atom. The lowest BCUT2D eigenvalue weighted by Gasteiger charge is -2.10. The highest BCUT2D eigenvalue weighted by atomic mass is 79.9. The molecule has 8 heteroatoms. The number of aromatic hydroxyl groups is 1. The summed E-state index contributed by atoms with van der Waals surface area (Å²) < 4.78 is 8.03. The second kappa shape index (κ2) is 6.57. The maximum atomic E-state index is 12.9. The fraction of sp³-hybridized carbons (Fsp3) is 0.111. The van der Waals surface area contributed by atoms with E-state index in [1.807, 2.05) is 31.2 Å². The molecule has 0 saturated carbocycles. The Labute approximate surface area is 165 Å². The summed E-state index contributed by atoms with van der Waals surface area (Å²) in [5, 5.41) is 10.2. The Kier molecular flexibility index (Phi) is 4.38. The predicted octanol–water partition coefficient (Wildman–Crippen LogP) is 3.98. The van der Waals surface area contributed by atoms with Gasteiger partial charge in [-0.25, -0.2) is 9.38 Å². The average molecular weight is 452 g/mol. The highest BCUT2D eigenvalue weighted by molar-refractivity contribution is 9.10. The van der Waals surface area contributed by atoms with E-state index in [0.717, 1.165) is 11.0 Å². The first-order valence-electron chi connectivity index (χ1n) is 7.76. The smallest absolute Gasteiger partial charge is 0.274 e. The number of ether oxygens (including phenoxy) is 1. The summed E-state index contributed by atoms with van der Waals surface area (Å²) in [5.41, 5.74) is 2.06. The largest absolute Gasteiger partial charge is 0.503 e. The van der Waals surface area contributed by atoms with Crippen LogP contribution in [0.3, 0.4) is 0 Å². The summed E-state index contributed by atoms with van der Waals surface area (Å²) in [5.74, 6) is 0.137. The SMILES string of the molecule is CCOc1cc(/C=c2\sc3nc4ccccc4n3c2=O)c(Br)c(Cl)c1O. The Hall–Kier alpha value is -2.09. The lowest BCUT2D eigenvalue weighted by molar-refractivity contribution is 0.318. The first-order valence-corrected chi connectivity index (χ1v) is 9.75. The van der Waals surface area contributed by atoms with Gasteiger partial charge < -0.3 is 9.84 Å². The van der Waals surface area contributed by atoms with Gasteiger partial charge in [-0.3, -0.25) is 4.79 Å². The summed E-state index contributed by atoms with van der Waals surface area (Å²) >= 11 is 10.8. The van der Waals surface area contributed by atoms with Gasteiger partial charge in [0.2, 0.25) is 0 Å². The van der Waals surface area contributed by atoms with E-state index in [0.29, 0.717) is 26.1 Å². The van der Waals surface area contributed by atoms with Crippen LogP contribution in [0.1, 0.15) is 12.5 Å². The lowest BCUT2D eigenvalue weighted by Crippen LogP contribution is -2.22. The monoisotopic (exact) mass is 450 g/mol. The molecule has 4 rings (SSSR count). The molecule has 2 heterocycles. The maximum Gasteiger partial charge on any atom is 0.274 e. The van der Waals surface area contributed by atoms with Crippen LogP contribution in [0.4, 0.5) is 0 Å². The van der Waals surface area contributed by atoms with Gasteiger partial charge >= 0.3 is 0 Å². The second-order valence-electron chi connectivity index (χ2n) is 5.51. The van der Waals surface area contributed by atoms with Crippen LogP contribution in [-0.4, -0.2) is 21.1 Å². The van der Waals surface area contributed by atoms with Crippen molar-refractivity contribution in [3.63, 3.8) is 0 Å². The molecule has 0 unspecified atom stereocenters. The van der Waals surface area contributed by atoms with Gasteiger partial charge in [-0.2, -0.15) is 0 Å². The molecule has 132 valence electrons. The van der Waals surface area contributed by atoms with Crippen LogP contribution in [0, 0.1) is 0 Å². The van der Waals surface area contributed by atoms with Crippen LogP contribution in [0.2, 0.25) is 5.02 Å². The molecule has 0 aliphatic rings. The number of aromatic nitrogens is 2. The zero-order valence-corrected chi connectivity index (χ0v) is 16.7. The number of hydrogen-bond acceptors (Lipinski definition) is 5. The number of halogens is 2. The van der Waals surface area contributed by atoms with Crippen LogP contribution in [-0.2, 0) is 0 Å². The van der Waals surface area contributed by atoms with Gasteiger partial charge in [0.25, 0.3) is 5.56 Å². The second-order valence-corrected chi connectivity index (χ2v) is 7.69. The minimum Gasteiger partial charge on any atom is -0.503 e. The van der Waals surface area contributed by atoms with Crippen LogP contribution in [0.15, 0.2) is 39.6 Å². The van der Waals surface area contributed by atoms with Gasteiger partial charge in [-0.1, -0.05) is 35.1 Å². The van der Waals surface area contributed by atoms with Crippen LogP contribution in [0.5, 0.6) is 11.5 Å². The Morgan fingerprint density at radius 3 is 2.96 bits per heavy atom. The summed E-state index contributed by atoms with van der Waals surface area (Å²) in [7, 11) is 0. The van der Waals surface area contributed by atoms with Gasteiger partial charge in [-0.05, 0) is 52.7 Å². The zero-order chi connectivity index (χ0) is 18.4. The quantitative estimate of drug-likeness (QED) is 0.512. The van der Waals surface area contributed by atoms with Crippen molar-refractivity contribution in [3.05, 3.63) is 60.3 Å². The van der Waals surface area contributed by atoms with Gasteiger partial charge in [-0.15, -0.1) is 0 Å². The third kappa shape index (κ3) is 2.67. The van der Waals surface area contributed by atoms with Crippen molar-refractivity contribution in [1.82, 2.24) is 9.38 Å². The van der Waals surface area contributed by atoms with Crippen molar-refractivity contribution in [3.8, 4) is 11.5 Å². The molecule has 0 aliphatic carbocycles. The molecule has 0 amide bonds. The number of phenols is 1. The van der Waals surface area contributed by atoms with E-state index in [1.54, 1.807) is 16.5 Å². The highest BCUT2D eigenvalue weighted by Crippen LogP contribution is 2.41. The number of phenolic OH excluding ortho intramolecular Hbond substituents is 1. The minimum atomic E-state index is -0.146. The van der Waals surface area contributed by atoms with E-state index in [-0.39, 0.29) is 22.1 Å². The number of rotatable bonds is 3. The summed E-state index contributed by atoms with van der Waals surface area (Å²) in [6.07, 6.45) is 1.72. The summed E-state index contributed by atoms with van der Waals surface area (Å²) in [6, 6.07) is 9.16. The molecule has 0 spiro atoms. The van der Waals surface area contributed by atoms with Crippen molar-refractivity contribution in [1.29, 1.82) is 0 Å². The number of hydrogen-bond donors (Lipinski definition) is 1. The minimum absolute atomic E-state index is 0.133. The van der Waals surface area contributed by atoms with E-state index < -0.39 is 0 Å². The number of fused-ring (bicyclic) bond motifs is 3. The molecular weight excluding hydrogens is 440 g/mol. The van der Waals surface area contributed by atoms with E-state index in [9.17, 15) is 9.90 Å².